The first-order chi connectivity index (χ1) is 17.1. The first-order valence-electron chi connectivity index (χ1n) is 12.2. The summed E-state index contributed by atoms with van der Waals surface area (Å²) < 4.78 is 40.3. The zero-order valence-corrected chi connectivity index (χ0v) is 22.3. The van der Waals surface area contributed by atoms with Gasteiger partial charge in [-0.15, -0.1) is 0 Å². The average Bonchev–Trinajstić information content (AvgIpc) is 3.24. The molecule has 0 saturated carbocycles. The molecule has 36 heavy (non-hydrogen) atoms. The third-order valence-electron chi connectivity index (χ3n) is 5.78. The summed E-state index contributed by atoms with van der Waals surface area (Å²) in [6, 6.07) is 8.79. The van der Waals surface area contributed by atoms with Crippen molar-refractivity contribution in [2.75, 3.05) is 30.0 Å². The minimum Gasteiger partial charge on any atom is -0.494 e. The lowest BCUT2D eigenvalue weighted by Gasteiger charge is -2.22. The van der Waals surface area contributed by atoms with Crippen molar-refractivity contribution < 1.29 is 27.5 Å². The zero-order valence-electron chi connectivity index (χ0n) is 21.5. The van der Waals surface area contributed by atoms with Crippen LogP contribution in [0.15, 0.2) is 41.3 Å². The largest absolute Gasteiger partial charge is 0.494 e. The van der Waals surface area contributed by atoms with E-state index in [-0.39, 0.29) is 16.7 Å². The van der Waals surface area contributed by atoms with E-state index in [9.17, 15) is 18.0 Å². The second-order valence-electron chi connectivity index (χ2n) is 9.03. The average molecular weight is 518 g/mol. The Morgan fingerprint density at radius 3 is 2.42 bits per heavy atom. The highest BCUT2D eigenvalue weighted by atomic mass is 32.2. The molecule has 3 rings (SSSR count). The van der Waals surface area contributed by atoms with Crippen LogP contribution in [0.25, 0.3) is 0 Å². The number of rotatable bonds is 11. The number of ether oxygens (including phenoxy) is 2. The summed E-state index contributed by atoms with van der Waals surface area (Å²) in [5.41, 5.74) is 1.91. The fourth-order valence-corrected chi connectivity index (χ4v) is 5.43. The second kappa shape index (κ2) is 11.7. The molecule has 196 valence electrons. The molecule has 0 spiro atoms. The highest BCUT2D eigenvalue weighted by molar-refractivity contribution is 7.89. The lowest BCUT2D eigenvalue weighted by Crippen LogP contribution is -2.44. The lowest BCUT2D eigenvalue weighted by atomic mass is 10.0. The van der Waals surface area contributed by atoms with Gasteiger partial charge >= 0.3 is 0 Å². The van der Waals surface area contributed by atoms with Gasteiger partial charge in [0.05, 0.1) is 23.8 Å². The van der Waals surface area contributed by atoms with Gasteiger partial charge in [-0.3, -0.25) is 9.59 Å². The maximum Gasteiger partial charge on any atom is 0.242 e. The van der Waals surface area contributed by atoms with E-state index in [1.54, 1.807) is 35.2 Å². The van der Waals surface area contributed by atoms with E-state index in [1.165, 1.54) is 13.0 Å². The molecule has 1 aliphatic heterocycles. The van der Waals surface area contributed by atoms with Gasteiger partial charge in [0.25, 0.3) is 0 Å². The van der Waals surface area contributed by atoms with Gasteiger partial charge < -0.3 is 19.7 Å². The Balaban J connectivity index is 1.85. The van der Waals surface area contributed by atoms with Gasteiger partial charge in [-0.1, -0.05) is 13.8 Å². The van der Waals surface area contributed by atoms with Crippen LogP contribution in [-0.4, -0.2) is 46.0 Å². The Morgan fingerprint density at radius 2 is 1.78 bits per heavy atom. The van der Waals surface area contributed by atoms with Gasteiger partial charge in [-0.05, 0) is 68.5 Å². The number of fused-ring (bicyclic) bond motifs is 1. The number of amides is 2. The topological polar surface area (TPSA) is 114 Å². The smallest absolute Gasteiger partial charge is 0.242 e. The summed E-state index contributed by atoms with van der Waals surface area (Å²) >= 11 is 0. The standard InChI is InChI=1S/C26H35N3O6S/c1-6-34-20-8-11-25(35-7-2)22(16-20)27-26(31)23(14-17(3)4)28-36(32,33)21-9-10-24-19(15-21)12-13-29(24)18(5)30/h8-11,15-17,23,28H,6-7,12-14H2,1-5H3,(H,27,31). The SMILES string of the molecule is CCOc1ccc(OCC)c(NC(=O)C(CC(C)C)NS(=O)(=O)c2ccc3c(c2)CCN3C(C)=O)c1. The minimum absolute atomic E-state index is 0.0497. The van der Waals surface area contributed by atoms with Gasteiger partial charge in [-0.25, -0.2) is 8.42 Å². The van der Waals surface area contributed by atoms with Crippen LogP contribution in [0.2, 0.25) is 0 Å². The first-order valence-corrected chi connectivity index (χ1v) is 13.7. The molecule has 0 bridgehead atoms. The van der Waals surface area contributed by atoms with Gasteiger partial charge in [0, 0.05) is 25.2 Å². The number of anilines is 2. The molecule has 0 radical (unpaired) electrons. The van der Waals surface area contributed by atoms with E-state index in [0.29, 0.717) is 49.8 Å². The van der Waals surface area contributed by atoms with Crippen molar-refractivity contribution in [2.45, 2.75) is 58.4 Å². The van der Waals surface area contributed by atoms with Crippen LogP contribution in [0.5, 0.6) is 11.5 Å². The normalized spacial score (nSPS) is 13.9. The third kappa shape index (κ3) is 6.55. The van der Waals surface area contributed by atoms with E-state index in [4.69, 9.17) is 9.47 Å². The van der Waals surface area contributed by atoms with Crippen LogP contribution in [-0.2, 0) is 26.0 Å². The van der Waals surface area contributed by atoms with Crippen LogP contribution >= 0.6 is 0 Å². The second-order valence-corrected chi connectivity index (χ2v) is 10.7. The number of hydrogen-bond donors (Lipinski definition) is 2. The van der Waals surface area contributed by atoms with Crippen molar-refractivity contribution in [3.8, 4) is 11.5 Å². The summed E-state index contributed by atoms with van der Waals surface area (Å²) in [4.78, 5) is 26.8. The molecule has 0 aliphatic carbocycles. The Kier molecular flexibility index (Phi) is 8.97. The Labute approximate surface area is 213 Å². The highest BCUT2D eigenvalue weighted by Crippen LogP contribution is 2.31. The van der Waals surface area contributed by atoms with Gasteiger partial charge in [0.1, 0.15) is 17.5 Å². The fraction of sp³-hybridized carbons (Fsp3) is 0.462. The number of nitrogens with one attached hydrogen (secondary N) is 2. The van der Waals surface area contributed by atoms with Crippen LogP contribution in [0.3, 0.4) is 0 Å². The van der Waals surface area contributed by atoms with Crippen molar-refractivity contribution >= 4 is 33.2 Å². The number of benzene rings is 2. The van der Waals surface area contributed by atoms with Crippen LogP contribution < -0.4 is 24.4 Å². The van der Waals surface area contributed by atoms with Gasteiger partial charge in [0.15, 0.2) is 0 Å². The molecule has 2 amide bonds. The molecule has 0 fully saturated rings. The molecule has 2 aromatic rings. The Bertz CT molecular complexity index is 1210. The summed E-state index contributed by atoms with van der Waals surface area (Å²) in [6.45, 7) is 10.4. The summed E-state index contributed by atoms with van der Waals surface area (Å²) in [6.07, 6.45) is 0.869. The highest BCUT2D eigenvalue weighted by Gasteiger charge is 2.29. The monoisotopic (exact) mass is 517 g/mol. The van der Waals surface area contributed by atoms with E-state index in [0.717, 1.165) is 11.3 Å². The molecule has 2 N–H and O–H groups in total. The maximum atomic E-state index is 13.3. The quantitative estimate of drug-likeness (QED) is 0.470. The zero-order chi connectivity index (χ0) is 26.5. The van der Waals surface area contributed by atoms with E-state index in [2.05, 4.69) is 10.0 Å². The molecule has 0 aromatic heterocycles. The molecule has 1 aliphatic rings. The van der Waals surface area contributed by atoms with Crippen molar-refractivity contribution in [1.82, 2.24) is 4.72 Å². The third-order valence-corrected chi connectivity index (χ3v) is 7.25. The lowest BCUT2D eigenvalue weighted by molar-refractivity contribution is -0.118. The summed E-state index contributed by atoms with van der Waals surface area (Å²) in [5.74, 6) is 0.500. The molecule has 10 heteroatoms. The molecule has 2 aromatic carbocycles. The molecular weight excluding hydrogens is 482 g/mol. The number of nitrogens with zero attached hydrogens (tertiary/aromatic N) is 1. The van der Waals surface area contributed by atoms with Gasteiger partial charge in [-0.2, -0.15) is 4.72 Å². The molecule has 1 heterocycles. The minimum atomic E-state index is -4.01. The predicted molar refractivity (Wildman–Crippen MR) is 139 cm³/mol. The number of sulfonamides is 1. The Hall–Kier alpha value is -3.11. The van der Waals surface area contributed by atoms with Crippen molar-refractivity contribution in [3.63, 3.8) is 0 Å². The Morgan fingerprint density at radius 1 is 1.06 bits per heavy atom. The van der Waals surface area contributed by atoms with Crippen molar-refractivity contribution in [2.24, 2.45) is 5.92 Å². The van der Waals surface area contributed by atoms with Crippen LogP contribution in [0.1, 0.15) is 46.6 Å². The van der Waals surface area contributed by atoms with Crippen molar-refractivity contribution in [3.05, 3.63) is 42.0 Å². The fourth-order valence-electron chi connectivity index (χ4n) is 4.17. The molecule has 1 atom stereocenters. The van der Waals surface area contributed by atoms with Crippen molar-refractivity contribution in [1.29, 1.82) is 0 Å². The van der Waals surface area contributed by atoms with E-state index in [1.807, 2.05) is 27.7 Å². The molecular formula is C26H35N3O6S. The predicted octanol–water partition coefficient (Wildman–Crippen LogP) is 3.72. The summed E-state index contributed by atoms with van der Waals surface area (Å²) in [7, 11) is -4.01. The van der Waals surface area contributed by atoms with E-state index >= 15 is 0 Å². The maximum absolute atomic E-state index is 13.3. The number of carbonyl (C=O) groups excluding carboxylic acids is 2. The van der Waals surface area contributed by atoms with Gasteiger partial charge in [0.2, 0.25) is 21.8 Å². The summed E-state index contributed by atoms with van der Waals surface area (Å²) in [5, 5.41) is 2.82. The first kappa shape index (κ1) is 27.5. The van der Waals surface area contributed by atoms with Crippen LogP contribution in [0, 0.1) is 5.92 Å². The van der Waals surface area contributed by atoms with E-state index < -0.39 is 22.0 Å². The molecule has 9 nitrogen and oxygen atoms in total. The molecule has 0 saturated heterocycles. The number of hydrogen-bond acceptors (Lipinski definition) is 6. The molecule has 1 unspecified atom stereocenters. The van der Waals surface area contributed by atoms with Crippen LogP contribution in [0.4, 0.5) is 11.4 Å². The number of carbonyl (C=O) groups is 2.